The number of nitriles is 1. The Hall–Kier alpha value is -3.71. The van der Waals surface area contributed by atoms with Crippen molar-refractivity contribution in [3.63, 3.8) is 0 Å². The van der Waals surface area contributed by atoms with Crippen LogP contribution in [0, 0.1) is 23.1 Å². The minimum absolute atomic E-state index is 0.0215. The van der Waals surface area contributed by atoms with Gasteiger partial charge in [-0.3, -0.25) is 4.79 Å². The Morgan fingerprint density at radius 1 is 1.29 bits per heavy atom. The van der Waals surface area contributed by atoms with Crippen LogP contribution in [0.5, 0.6) is 0 Å². The number of fused-ring (bicyclic) bond motifs is 4. The summed E-state index contributed by atoms with van der Waals surface area (Å²) in [5.74, 6) is -0.965. The molecule has 0 unspecified atom stereocenters. The molecule has 0 radical (unpaired) electrons. The van der Waals surface area contributed by atoms with Crippen LogP contribution in [0.2, 0.25) is 10.0 Å². The van der Waals surface area contributed by atoms with Gasteiger partial charge in [-0.15, -0.1) is 0 Å². The molecule has 2 aromatic heterocycles. The number of hydrogen-bond acceptors (Lipinski definition) is 5. The highest BCUT2D eigenvalue weighted by atomic mass is 35.5. The summed E-state index contributed by atoms with van der Waals surface area (Å²) < 4.78 is 18.8. The number of Topliss-reactive ketones (excluding diaryl/α,β-unsaturated/α-hetero) is 1. The maximum absolute atomic E-state index is 16.8. The van der Waals surface area contributed by atoms with Crippen molar-refractivity contribution in [2.45, 2.75) is 51.2 Å². The lowest BCUT2D eigenvalue weighted by molar-refractivity contribution is 0.101. The number of carboxylic acid groups (broad SMARTS) is 1. The fourth-order valence-corrected chi connectivity index (χ4v) is 7.06. The van der Waals surface area contributed by atoms with E-state index in [1.165, 1.54) is 11.8 Å². The first-order chi connectivity index (χ1) is 19.5. The number of benzene rings is 2. The standard InChI is InChI=1S/C30H26Cl2FN5O3/c1-13(35)21-11-19-26(14(2)39)36-27-18(29(19)38(21)28-16-10-22(28)37(12-16)30(40)41)9-15(5-4-8-34)23(25(27)33)17-6-3-7-20(31)24(17)32/h3,6-7,9,11,13,16,22,28H,4-5,10,12,35H2,1-2H3,(H,40,41)/t13-,16-,22-,28+/m1/s1. The van der Waals surface area contributed by atoms with Crippen LogP contribution in [0.1, 0.15) is 60.5 Å². The number of pyridine rings is 1. The van der Waals surface area contributed by atoms with Crippen LogP contribution in [0.15, 0.2) is 30.3 Å². The van der Waals surface area contributed by atoms with E-state index in [0.717, 1.165) is 6.42 Å². The maximum atomic E-state index is 16.8. The molecule has 2 aromatic carbocycles. The second kappa shape index (κ2) is 9.98. The Morgan fingerprint density at radius 2 is 2.05 bits per heavy atom. The van der Waals surface area contributed by atoms with Gasteiger partial charge in [0.05, 0.1) is 33.7 Å². The number of rotatable bonds is 6. The van der Waals surface area contributed by atoms with E-state index in [1.54, 1.807) is 24.3 Å². The molecule has 210 valence electrons. The first-order valence-corrected chi connectivity index (χ1v) is 14.1. The molecule has 1 saturated carbocycles. The molecule has 1 aliphatic carbocycles. The Balaban J connectivity index is 1.74. The number of carbonyl (C=O) groups is 2. The summed E-state index contributed by atoms with van der Waals surface area (Å²) in [5, 5.41) is 20.6. The third kappa shape index (κ3) is 4.08. The largest absolute Gasteiger partial charge is 0.465 e. The topological polar surface area (TPSA) is 125 Å². The fourth-order valence-electron chi connectivity index (χ4n) is 6.66. The summed E-state index contributed by atoms with van der Waals surface area (Å²) in [6, 6.07) is 9.74. The fraction of sp³-hybridized carbons (Fsp3) is 0.333. The van der Waals surface area contributed by atoms with E-state index in [-0.39, 0.29) is 63.4 Å². The van der Waals surface area contributed by atoms with Crippen LogP contribution in [0.3, 0.4) is 0 Å². The first-order valence-electron chi connectivity index (χ1n) is 13.3. The summed E-state index contributed by atoms with van der Waals surface area (Å²) >= 11 is 12.8. The van der Waals surface area contributed by atoms with E-state index in [4.69, 9.17) is 28.9 Å². The van der Waals surface area contributed by atoms with E-state index < -0.39 is 18.0 Å². The molecular formula is C30H26Cl2FN5O3. The van der Waals surface area contributed by atoms with Gasteiger partial charge in [0.25, 0.3) is 0 Å². The van der Waals surface area contributed by atoms with E-state index in [2.05, 4.69) is 11.1 Å². The number of carbonyl (C=O) groups excluding carboxylic acids is 1. The average molecular weight is 594 g/mol. The van der Waals surface area contributed by atoms with Crippen LogP contribution in [0.25, 0.3) is 32.9 Å². The smallest absolute Gasteiger partial charge is 0.407 e. The van der Waals surface area contributed by atoms with Gasteiger partial charge in [0.2, 0.25) is 0 Å². The number of amides is 1. The molecule has 3 fully saturated rings. The van der Waals surface area contributed by atoms with Gasteiger partial charge in [-0.05, 0) is 43.5 Å². The number of aromatic nitrogens is 2. The zero-order valence-electron chi connectivity index (χ0n) is 22.3. The van der Waals surface area contributed by atoms with Gasteiger partial charge < -0.3 is 20.3 Å². The SMILES string of the molecule is CC(=O)c1nc2c(F)c(-c3cccc(Cl)c3Cl)c(CCC#N)cc2c2c1cc([C@@H](C)N)n2[C@H]1[C@@H]2C[C@H]1N(C(=O)O)C2. The highest BCUT2D eigenvalue weighted by Gasteiger charge is 2.55. The van der Waals surface area contributed by atoms with Gasteiger partial charge in [0.1, 0.15) is 11.2 Å². The third-order valence-corrected chi connectivity index (χ3v) is 9.27. The van der Waals surface area contributed by atoms with Gasteiger partial charge in [0.15, 0.2) is 11.6 Å². The van der Waals surface area contributed by atoms with Gasteiger partial charge in [-0.1, -0.05) is 35.3 Å². The predicted octanol–water partition coefficient (Wildman–Crippen LogP) is 6.90. The summed E-state index contributed by atoms with van der Waals surface area (Å²) in [6.45, 7) is 3.59. The molecule has 2 saturated heterocycles. The number of halogens is 3. The third-order valence-electron chi connectivity index (χ3n) is 8.45. The lowest BCUT2D eigenvalue weighted by Gasteiger charge is -2.39. The van der Waals surface area contributed by atoms with Crippen molar-refractivity contribution in [2.75, 3.05) is 6.54 Å². The first kappa shape index (κ1) is 27.5. The van der Waals surface area contributed by atoms with E-state index >= 15 is 4.39 Å². The molecule has 2 aliphatic heterocycles. The minimum Gasteiger partial charge on any atom is -0.465 e. The summed E-state index contributed by atoms with van der Waals surface area (Å²) in [7, 11) is 0. The quantitative estimate of drug-likeness (QED) is 0.234. The number of nitrogens with zero attached hydrogens (tertiary/aromatic N) is 4. The molecule has 4 aromatic rings. The summed E-state index contributed by atoms with van der Waals surface area (Å²) in [6.07, 6.45) is 0.101. The normalized spacial score (nSPS) is 20.3. The minimum atomic E-state index is -0.984. The molecule has 8 nitrogen and oxygen atoms in total. The Bertz CT molecular complexity index is 1830. The molecule has 11 heteroatoms. The van der Waals surface area contributed by atoms with E-state index in [9.17, 15) is 20.0 Å². The van der Waals surface area contributed by atoms with Crippen LogP contribution in [-0.2, 0) is 6.42 Å². The average Bonchev–Trinajstić information content (AvgIpc) is 3.62. The van der Waals surface area contributed by atoms with Gasteiger partial charge in [0, 0.05) is 59.4 Å². The predicted molar refractivity (Wildman–Crippen MR) is 155 cm³/mol. The number of hydrogen-bond donors (Lipinski definition) is 2. The monoisotopic (exact) mass is 593 g/mol. The van der Waals surface area contributed by atoms with Gasteiger partial charge >= 0.3 is 6.09 Å². The molecule has 3 aliphatic rings. The maximum Gasteiger partial charge on any atom is 0.407 e. The molecule has 4 atom stereocenters. The van der Waals surface area contributed by atoms with Gasteiger partial charge in [-0.2, -0.15) is 5.26 Å². The molecule has 7 rings (SSSR count). The number of aryl methyl sites for hydroxylation is 1. The Kier molecular flexibility index (Phi) is 6.68. The van der Waals surface area contributed by atoms with Crippen molar-refractivity contribution in [3.8, 4) is 17.2 Å². The number of nitrogens with two attached hydrogens (primary N) is 1. The van der Waals surface area contributed by atoms with Crippen LogP contribution < -0.4 is 5.73 Å². The van der Waals surface area contributed by atoms with Crippen LogP contribution in [-0.4, -0.2) is 44.0 Å². The zero-order chi connectivity index (χ0) is 29.3. The van der Waals surface area contributed by atoms with Crippen LogP contribution in [0.4, 0.5) is 9.18 Å². The van der Waals surface area contributed by atoms with Crippen molar-refractivity contribution in [3.05, 3.63) is 63.1 Å². The van der Waals surface area contributed by atoms with Crippen molar-refractivity contribution < 1.29 is 19.1 Å². The Labute approximate surface area is 245 Å². The van der Waals surface area contributed by atoms with E-state index in [1.807, 2.05) is 17.6 Å². The molecule has 0 spiro atoms. The zero-order valence-corrected chi connectivity index (χ0v) is 23.8. The summed E-state index contributed by atoms with van der Waals surface area (Å²) in [5.41, 5.74) is 8.88. The second-order valence-corrected chi connectivity index (χ2v) is 11.7. The highest BCUT2D eigenvalue weighted by molar-refractivity contribution is 6.43. The van der Waals surface area contributed by atoms with Crippen molar-refractivity contribution in [1.29, 1.82) is 5.26 Å². The van der Waals surface area contributed by atoms with Gasteiger partial charge in [-0.25, -0.2) is 14.2 Å². The summed E-state index contributed by atoms with van der Waals surface area (Å²) in [4.78, 5) is 30.9. The Morgan fingerprint density at radius 3 is 2.68 bits per heavy atom. The van der Waals surface area contributed by atoms with Crippen LogP contribution >= 0.6 is 23.2 Å². The lowest BCUT2D eigenvalue weighted by Crippen LogP contribution is -2.42. The highest BCUT2D eigenvalue weighted by Crippen LogP contribution is 2.53. The van der Waals surface area contributed by atoms with Crippen molar-refractivity contribution >= 4 is 56.9 Å². The van der Waals surface area contributed by atoms with Crippen molar-refractivity contribution in [2.24, 2.45) is 11.7 Å². The molecule has 1 amide bonds. The lowest BCUT2D eigenvalue weighted by atomic mass is 9.79. The molecule has 2 bridgehead atoms. The molecule has 3 N–H and O–H groups in total. The molecule has 41 heavy (non-hydrogen) atoms. The number of ketones is 1. The molecule has 4 heterocycles. The van der Waals surface area contributed by atoms with E-state index in [0.29, 0.717) is 39.7 Å². The van der Waals surface area contributed by atoms with Crippen molar-refractivity contribution in [1.82, 2.24) is 14.5 Å². The second-order valence-electron chi connectivity index (χ2n) is 10.9. The molecular weight excluding hydrogens is 568 g/mol.